The predicted octanol–water partition coefficient (Wildman–Crippen LogP) is 2.82. The van der Waals surface area contributed by atoms with E-state index >= 15 is 0 Å². The fourth-order valence-electron chi connectivity index (χ4n) is 2.71. The molecule has 3 aromatic rings. The molecular weight excluding hydrogens is 346 g/mol. The summed E-state index contributed by atoms with van der Waals surface area (Å²) >= 11 is 0. The predicted molar refractivity (Wildman–Crippen MR) is 99.4 cm³/mol. The highest BCUT2D eigenvalue weighted by atomic mass is 16.5. The number of ether oxygens (including phenoxy) is 1. The number of carbonyl (C=O) groups excluding carboxylic acids is 1. The molecule has 0 saturated carbocycles. The van der Waals surface area contributed by atoms with Crippen LogP contribution in [0, 0.1) is 6.92 Å². The molecule has 0 aliphatic heterocycles. The van der Waals surface area contributed by atoms with E-state index in [1.165, 1.54) is 13.2 Å². The first-order chi connectivity index (χ1) is 13.0. The lowest BCUT2D eigenvalue weighted by atomic mass is 10.1. The number of carboxylic acid groups (broad SMARTS) is 1. The van der Waals surface area contributed by atoms with E-state index in [9.17, 15) is 14.7 Å². The normalized spacial score (nSPS) is 10.4. The van der Waals surface area contributed by atoms with Gasteiger partial charge in [-0.05, 0) is 55.0 Å². The quantitative estimate of drug-likeness (QED) is 0.701. The van der Waals surface area contributed by atoms with E-state index in [1.807, 2.05) is 25.1 Å². The maximum Gasteiger partial charge on any atom is 0.339 e. The van der Waals surface area contributed by atoms with Gasteiger partial charge in [0.25, 0.3) is 5.91 Å². The number of aromatic nitrogens is 2. The van der Waals surface area contributed by atoms with Gasteiger partial charge in [0.05, 0.1) is 12.8 Å². The largest absolute Gasteiger partial charge is 0.496 e. The first-order valence-electron chi connectivity index (χ1n) is 8.29. The number of carbonyl (C=O) groups is 2. The number of aromatic carboxylic acids is 1. The van der Waals surface area contributed by atoms with E-state index in [0.29, 0.717) is 11.1 Å². The number of carboxylic acids is 1. The van der Waals surface area contributed by atoms with Crippen LogP contribution in [0.15, 0.2) is 54.7 Å². The first-order valence-corrected chi connectivity index (χ1v) is 8.29. The van der Waals surface area contributed by atoms with Crippen molar-refractivity contribution >= 4 is 11.9 Å². The van der Waals surface area contributed by atoms with Crippen molar-refractivity contribution in [3.8, 4) is 11.4 Å². The maximum absolute atomic E-state index is 12.4. The molecule has 0 radical (unpaired) electrons. The number of nitrogens with one attached hydrogen (secondary N) is 1. The Kier molecular flexibility index (Phi) is 5.21. The molecule has 2 aromatic carbocycles. The summed E-state index contributed by atoms with van der Waals surface area (Å²) < 4.78 is 6.82. The topological polar surface area (TPSA) is 93.5 Å². The van der Waals surface area contributed by atoms with Crippen molar-refractivity contribution in [3.05, 3.63) is 77.1 Å². The number of hydrogen-bond acceptors (Lipinski definition) is 4. The number of hydrogen-bond donors (Lipinski definition) is 2. The van der Waals surface area contributed by atoms with Crippen LogP contribution in [0.5, 0.6) is 5.75 Å². The molecule has 0 unspecified atom stereocenters. The van der Waals surface area contributed by atoms with Gasteiger partial charge in [-0.2, -0.15) is 5.10 Å². The smallest absolute Gasteiger partial charge is 0.339 e. The van der Waals surface area contributed by atoms with Crippen LogP contribution in [0.1, 0.15) is 32.0 Å². The highest BCUT2D eigenvalue weighted by molar-refractivity contribution is 5.94. The summed E-state index contributed by atoms with van der Waals surface area (Å²) in [5.41, 5.74) is 3.11. The van der Waals surface area contributed by atoms with Crippen molar-refractivity contribution in [1.29, 1.82) is 0 Å². The van der Waals surface area contributed by atoms with Gasteiger partial charge < -0.3 is 15.2 Å². The van der Waals surface area contributed by atoms with Crippen molar-refractivity contribution in [1.82, 2.24) is 15.1 Å². The molecule has 1 heterocycles. The van der Waals surface area contributed by atoms with Gasteiger partial charge in [0, 0.05) is 24.0 Å². The first kappa shape index (κ1) is 18.2. The molecule has 7 nitrogen and oxygen atoms in total. The minimum Gasteiger partial charge on any atom is -0.496 e. The molecule has 138 valence electrons. The fourth-order valence-corrected chi connectivity index (χ4v) is 2.71. The highest BCUT2D eigenvalue weighted by Crippen LogP contribution is 2.20. The van der Waals surface area contributed by atoms with Crippen LogP contribution >= 0.6 is 0 Å². The second-order valence-electron chi connectivity index (χ2n) is 5.95. The third kappa shape index (κ3) is 3.98. The lowest BCUT2D eigenvalue weighted by molar-refractivity contribution is 0.0693. The van der Waals surface area contributed by atoms with Crippen LogP contribution in [-0.2, 0) is 6.54 Å². The van der Waals surface area contributed by atoms with E-state index in [4.69, 9.17) is 4.74 Å². The van der Waals surface area contributed by atoms with Gasteiger partial charge in [-0.25, -0.2) is 9.48 Å². The van der Waals surface area contributed by atoms with E-state index in [0.717, 1.165) is 11.4 Å². The Hall–Kier alpha value is -3.61. The molecule has 0 aliphatic carbocycles. The molecule has 0 fully saturated rings. The second kappa shape index (κ2) is 7.74. The maximum atomic E-state index is 12.4. The molecule has 1 aromatic heterocycles. The Bertz CT molecular complexity index is 977. The standard InChI is InChI=1S/C20H19N3O4/c1-13-9-10-22-23(13)16-6-4-15(5-7-16)19(24)21-12-14-3-8-18(27-2)17(11-14)20(25)26/h3-11H,12H2,1-2H3,(H,21,24)(H,25,26). The summed E-state index contributed by atoms with van der Waals surface area (Å²) in [5.74, 6) is -1.04. The van der Waals surface area contributed by atoms with E-state index < -0.39 is 5.97 Å². The number of rotatable bonds is 6. The second-order valence-corrected chi connectivity index (χ2v) is 5.95. The highest BCUT2D eigenvalue weighted by Gasteiger charge is 2.12. The van der Waals surface area contributed by atoms with Crippen LogP contribution in [0.2, 0.25) is 0 Å². The van der Waals surface area contributed by atoms with Crippen molar-refractivity contribution in [3.63, 3.8) is 0 Å². The van der Waals surface area contributed by atoms with Crippen molar-refractivity contribution < 1.29 is 19.4 Å². The lowest BCUT2D eigenvalue weighted by Gasteiger charge is -2.10. The average molecular weight is 365 g/mol. The Morgan fingerprint density at radius 3 is 2.48 bits per heavy atom. The Labute approximate surface area is 156 Å². The van der Waals surface area contributed by atoms with Crippen LogP contribution in [0.3, 0.4) is 0 Å². The summed E-state index contributed by atoms with van der Waals surface area (Å²) in [6, 6.07) is 13.8. The molecule has 0 saturated heterocycles. The summed E-state index contributed by atoms with van der Waals surface area (Å²) in [7, 11) is 1.41. The van der Waals surface area contributed by atoms with Crippen LogP contribution < -0.4 is 10.1 Å². The zero-order valence-electron chi connectivity index (χ0n) is 15.0. The van der Waals surface area contributed by atoms with E-state index in [1.54, 1.807) is 35.1 Å². The molecule has 2 N–H and O–H groups in total. The Morgan fingerprint density at radius 1 is 1.15 bits per heavy atom. The van der Waals surface area contributed by atoms with Crippen molar-refractivity contribution in [2.24, 2.45) is 0 Å². The molecule has 1 amide bonds. The van der Waals surface area contributed by atoms with Gasteiger partial charge in [-0.3, -0.25) is 4.79 Å². The summed E-state index contributed by atoms with van der Waals surface area (Å²) in [6.07, 6.45) is 1.72. The minimum atomic E-state index is -1.08. The SMILES string of the molecule is COc1ccc(CNC(=O)c2ccc(-n3nccc3C)cc2)cc1C(=O)O. The van der Waals surface area contributed by atoms with Gasteiger partial charge in [0.1, 0.15) is 11.3 Å². The van der Waals surface area contributed by atoms with E-state index in [-0.39, 0.29) is 23.8 Å². The van der Waals surface area contributed by atoms with Crippen LogP contribution in [-0.4, -0.2) is 33.9 Å². The summed E-state index contributed by atoms with van der Waals surface area (Å²) in [4.78, 5) is 23.6. The molecule has 0 spiro atoms. The molecule has 0 atom stereocenters. The third-order valence-electron chi connectivity index (χ3n) is 4.15. The zero-order valence-corrected chi connectivity index (χ0v) is 15.0. The molecule has 27 heavy (non-hydrogen) atoms. The third-order valence-corrected chi connectivity index (χ3v) is 4.15. The minimum absolute atomic E-state index is 0.0585. The zero-order chi connectivity index (χ0) is 19.4. The van der Waals surface area contributed by atoms with Gasteiger partial charge in [-0.1, -0.05) is 6.07 Å². The summed E-state index contributed by atoms with van der Waals surface area (Å²) in [5, 5.41) is 16.2. The molecule has 7 heteroatoms. The van der Waals surface area contributed by atoms with E-state index in [2.05, 4.69) is 10.4 Å². The molecule has 0 bridgehead atoms. The number of amides is 1. The van der Waals surface area contributed by atoms with Gasteiger partial charge in [0.15, 0.2) is 0 Å². The Balaban J connectivity index is 1.68. The van der Waals surface area contributed by atoms with Gasteiger partial charge >= 0.3 is 5.97 Å². The fraction of sp³-hybridized carbons (Fsp3) is 0.150. The van der Waals surface area contributed by atoms with Crippen LogP contribution in [0.25, 0.3) is 5.69 Å². The van der Waals surface area contributed by atoms with Gasteiger partial charge in [-0.15, -0.1) is 0 Å². The lowest BCUT2D eigenvalue weighted by Crippen LogP contribution is -2.23. The number of aryl methyl sites for hydroxylation is 1. The average Bonchev–Trinajstić information content (AvgIpc) is 3.11. The summed E-state index contributed by atoms with van der Waals surface area (Å²) in [6.45, 7) is 2.16. The number of benzene rings is 2. The Morgan fingerprint density at radius 2 is 1.89 bits per heavy atom. The molecule has 0 aliphatic rings. The number of nitrogens with zero attached hydrogens (tertiary/aromatic N) is 2. The number of methoxy groups -OCH3 is 1. The van der Waals surface area contributed by atoms with Crippen LogP contribution in [0.4, 0.5) is 0 Å². The van der Waals surface area contributed by atoms with Crippen molar-refractivity contribution in [2.45, 2.75) is 13.5 Å². The van der Waals surface area contributed by atoms with Crippen molar-refractivity contribution in [2.75, 3.05) is 7.11 Å². The monoisotopic (exact) mass is 365 g/mol. The molecular formula is C20H19N3O4. The molecule has 3 rings (SSSR count). The van der Waals surface area contributed by atoms with Gasteiger partial charge in [0.2, 0.25) is 0 Å².